The average Bonchev–Trinajstić information content (AvgIpc) is 2.77. The third kappa shape index (κ3) is 2.58. The monoisotopic (exact) mass is 282 g/mol. The van der Waals surface area contributed by atoms with Crippen molar-refractivity contribution in [2.24, 2.45) is 0 Å². The van der Waals surface area contributed by atoms with E-state index in [0.29, 0.717) is 22.7 Å². The van der Waals surface area contributed by atoms with Gasteiger partial charge in [0.25, 0.3) is 5.91 Å². The average molecular weight is 282 g/mol. The van der Waals surface area contributed by atoms with Crippen molar-refractivity contribution in [3.63, 3.8) is 0 Å². The highest BCUT2D eigenvalue weighted by Gasteiger charge is 2.12. The van der Waals surface area contributed by atoms with Crippen LogP contribution < -0.4 is 5.32 Å². The Bertz CT molecular complexity index is 837. The molecule has 0 aliphatic carbocycles. The largest absolute Gasteiger partial charge is 0.507 e. The first-order valence-corrected chi connectivity index (χ1v) is 6.51. The van der Waals surface area contributed by atoms with Crippen LogP contribution in [0, 0.1) is 13.8 Å². The van der Waals surface area contributed by atoms with E-state index < -0.39 is 0 Å². The predicted octanol–water partition coefficient (Wildman–Crippen LogP) is 3.40. The highest BCUT2D eigenvalue weighted by molar-refractivity contribution is 6.06. The van der Waals surface area contributed by atoms with Gasteiger partial charge < -0.3 is 14.8 Å². The molecule has 3 rings (SSSR count). The van der Waals surface area contributed by atoms with Gasteiger partial charge in [-0.1, -0.05) is 6.07 Å². The van der Waals surface area contributed by atoms with Crippen molar-refractivity contribution in [1.29, 1.82) is 0 Å². The van der Waals surface area contributed by atoms with E-state index in [1.807, 2.05) is 6.92 Å². The number of hydrogen-bond donors (Lipinski definition) is 2. The Morgan fingerprint density at radius 3 is 2.76 bits per heavy atom. The fourth-order valence-electron chi connectivity index (χ4n) is 2.15. The van der Waals surface area contributed by atoms with E-state index in [9.17, 15) is 9.90 Å². The predicted molar refractivity (Wildman–Crippen MR) is 79.5 cm³/mol. The van der Waals surface area contributed by atoms with Gasteiger partial charge in [0.2, 0.25) is 0 Å². The summed E-state index contributed by atoms with van der Waals surface area (Å²) >= 11 is 0. The van der Waals surface area contributed by atoms with Crippen LogP contribution >= 0.6 is 0 Å². The zero-order valence-electron chi connectivity index (χ0n) is 11.7. The van der Waals surface area contributed by atoms with Crippen molar-refractivity contribution in [1.82, 2.24) is 4.98 Å². The summed E-state index contributed by atoms with van der Waals surface area (Å²) in [5.74, 6) is 0.169. The molecule has 2 aromatic carbocycles. The molecule has 0 aliphatic rings. The summed E-state index contributed by atoms with van der Waals surface area (Å²) in [5, 5.41) is 12.6. The van der Waals surface area contributed by atoms with Crippen molar-refractivity contribution in [3.8, 4) is 5.75 Å². The van der Waals surface area contributed by atoms with Gasteiger partial charge in [-0.3, -0.25) is 4.79 Å². The van der Waals surface area contributed by atoms with Crippen molar-refractivity contribution in [2.45, 2.75) is 13.8 Å². The number of aryl methyl sites for hydroxylation is 2. The Morgan fingerprint density at radius 1 is 1.19 bits per heavy atom. The maximum atomic E-state index is 12.2. The van der Waals surface area contributed by atoms with Crippen molar-refractivity contribution in [3.05, 3.63) is 53.4 Å². The van der Waals surface area contributed by atoms with Crippen LogP contribution in [0.4, 0.5) is 5.69 Å². The van der Waals surface area contributed by atoms with Crippen LogP contribution in [0.3, 0.4) is 0 Å². The lowest BCUT2D eigenvalue weighted by Crippen LogP contribution is -2.12. The molecule has 106 valence electrons. The molecule has 1 amide bonds. The Balaban J connectivity index is 1.88. The van der Waals surface area contributed by atoms with Gasteiger partial charge in [0, 0.05) is 12.6 Å². The zero-order chi connectivity index (χ0) is 15.0. The van der Waals surface area contributed by atoms with Crippen LogP contribution in [0.2, 0.25) is 0 Å². The first-order chi connectivity index (χ1) is 10.0. The van der Waals surface area contributed by atoms with E-state index in [1.165, 1.54) is 0 Å². The van der Waals surface area contributed by atoms with E-state index in [1.54, 1.807) is 43.3 Å². The lowest BCUT2D eigenvalue weighted by atomic mass is 10.1. The number of aromatic hydroxyl groups is 1. The Kier molecular flexibility index (Phi) is 3.10. The van der Waals surface area contributed by atoms with Gasteiger partial charge in [-0.15, -0.1) is 0 Å². The van der Waals surface area contributed by atoms with Crippen LogP contribution in [0.1, 0.15) is 21.8 Å². The Labute approximate surface area is 121 Å². The number of phenolic OH excluding ortho intramolecular Hbond substituents is 1. The summed E-state index contributed by atoms with van der Waals surface area (Å²) in [6.07, 6.45) is 0. The molecule has 0 saturated heterocycles. The molecule has 21 heavy (non-hydrogen) atoms. The van der Waals surface area contributed by atoms with Crippen LogP contribution in [-0.4, -0.2) is 16.0 Å². The molecule has 5 nitrogen and oxygen atoms in total. The number of carbonyl (C=O) groups is 1. The zero-order valence-corrected chi connectivity index (χ0v) is 11.7. The van der Waals surface area contributed by atoms with Gasteiger partial charge in [0.05, 0.1) is 5.56 Å². The van der Waals surface area contributed by atoms with Crippen molar-refractivity contribution >= 4 is 22.7 Å². The first kappa shape index (κ1) is 13.2. The normalized spacial score (nSPS) is 10.8. The summed E-state index contributed by atoms with van der Waals surface area (Å²) in [4.78, 5) is 16.4. The number of nitrogens with zero attached hydrogens (tertiary/aromatic N) is 1. The van der Waals surface area contributed by atoms with E-state index >= 15 is 0 Å². The van der Waals surface area contributed by atoms with Crippen LogP contribution in [0.5, 0.6) is 5.75 Å². The topological polar surface area (TPSA) is 75.4 Å². The minimum absolute atomic E-state index is 0.0362. The maximum Gasteiger partial charge on any atom is 0.259 e. The molecule has 0 spiro atoms. The van der Waals surface area contributed by atoms with Gasteiger partial charge in [-0.05, 0) is 42.8 Å². The standard InChI is InChI=1S/C16H14N2O3/c1-9-3-5-12(14(19)7-9)16(20)18-11-4-6-15-13(8-11)17-10(2)21-15/h3-8,19H,1-2H3,(H,18,20). The lowest BCUT2D eigenvalue weighted by Gasteiger charge is -2.07. The number of carbonyl (C=O) groups excluding carboxylic acids is 1. The van der Waals surface area contributed by atoms with Gasteiger partial charge >= 0.3 is 0 Å². The summed E-state index contributed by atoms with van der Waals surface area (Å²) in [6, 6.07) is 10.1. The Morgan fingerprint density at radius 2 is 2.00 bits per heavy atom. The fraction of sp³-hybridized carbons (Fsp3) is 0.125. The molecule has 0 aliphatic heterocycles. The number of amides is 1. The molecule has 3 aromatic rings. The molecule has 0 atom stereocenters. The van der Waals surface area contributed by atoms with Crippen molar-refractivity contribution < 1.29 is 14.3 Å². The molecule has 5 heteroatoms. The maximum absolute atomic E-state index is 12.2. The SMILES string of the molecule is Cc1ccc(C(=O)Nc2ccc3oc(C)nc3c2)c(O)c1. The van der Waals surface area contributed by atoms with Gasteiger partial charge in [-0.2, -0.15) is 0 Å². The second-order valence-electron chi connectivity index (χ2n) is 4.89. The van der Waals surface area contributed by atoms with Crippen LogP contribution in [0.15, 0.2) is 40.8 Å². The number of phenols is 1. The summed E-state index contributed by atoms with van der Waals surface area (Å²) in [5.41, 5.74) is 3.07. The van der Waals surface area contributed by atoms with E-state index in [2.05, 4.69) is 10.3 Å². The molecule has 0 unspecified atom stereocenters. The fourth-order valence-corrected chi connectivity index (χ4v) is 2.15. The van der Waals surface area contributed by atoms with E-state index in [-0.39, 0.29) is 17.2 Å². The first-order valence-electron chi connectivity index (χ1n) is 6.51. The van der Waals surface area contributed by atoms with Crippen LogP contribution in [0.25, 0.3) is 11.1 Å². The number of oxazole rings is 1. The number of nitrogens with one attached hydrogen (secondary N) is 1. The summed E-state index contributed by atoms with van der Waals surface area (Å²) in [6.45, 7) is 3.62. The number of benzene rings is 2. The van der Waals surface area contributed by atoms with Crippen molar-refractivity contribution in [2.75, 3.05) is 5.32 Å². The molecular formula is C16H14N2O3. The second-order valence-corrected chi connectivity index (χ2v) is 4.89. The van der Waals surface area contributed by atoms with Gasteiger partial charge in [0.1, 0.15) is 11.3 Å². The lowest BCUT2D eigenvalue weighted by molar-refractivity contribution is 0.102. The number of anilines is 1. The number of hydrogen-bond acceptors (Lipinski definition) is 4. The Hall–Kier alpha value is -2.82. The van der Waals surface area contributed by atoms with E-state index in [0.717, 1.165) is 5.56 Å². The molecule has 0 fully saturated rings. The number of aromatic nitrogens is 1. The highest BCUT2D eigenvalue weighted by atomic mass is 16.3. The van der Waals surface area contributed by atoms with Gasteiger partial charge in [0.15, 0.2) is 11.5 Å². The van der Waals surface area contributed by atoms with Gasteiger partial charge in [-0.25, -0.2) is 4.98 Å². The minimum atomic E-state index is -0.368. The van der Waals surface area contributed by atoms with E-state index in [4.69, 9.17) is 4.42 Å². The second kappa shape index (κ2) is 4.94. The molecule has 0 bridgehead atoms. The number of rotatable bonds is 2. The quantitative estimate of drug-likeness (QED) is 0.755. The molecule has 0 radical (unpaired) electrons. The smallest absolute Gasteiger partial charge is 0.259 e. The summed E-state index contributed by atoms with van der Waals surface area (Å²) < 4.78 is 5.38. The highest BCUT2D eigenvalue weighted by Crippen LogP contribution is 2.22. The molecule has 1 aromatic heterocycles. The molecular weight excluding hydrogens is 268 g/mol. The molecule has 1 heterocycles. The number of fused-ring (bicyclic) bond motifs is 1. The third-order valence-electron chi connectivity index (χ3n) is 3.15. The summed E-state index contributed by atoms with van der Waals surface area (Å²) in [7, 11) is 0. The minimum Gasteiger partial charge on any atom is -0.507 e. The molecule has 0 saturated carbocycles. The molecule has 2 N–H and O–H groups in total. The third-order valence-corrected chi connectivity index (χ3v) is 3.15. The van der Waals surface area contributed by atoms with Crippen LogP contribution in [-0.2, 0) is 0 Å².